The van der Waals surface area contributed by atoms with Gasteiger partial charge in [-0.3, -0.25) is 9.69 Å². The van der Waals surface area contributed by atoms with Crippen LogP contribution in [0.2, 0.25) is 0 Å². The van der Waals surface area contributed by atoms with Crippen LogP contribution in [0.25, 0.3) is 0 Å². The molecule has 0 radical (unpaired) electrons. The number of aryl methyl sites for hydroxylation is 2. The quantitative estimate of drug-likeness (QED) is 0.822. The third kappa shape index (κ3) is 5.01. The number of nitrogens with zero attached hydrogens (tertiary/aromatic N) is 1. The molecule has 0 saturated carbocycles. The molecule has 4 heteroatoms. The third-order valence-electron chi connectivity index (χ3n) is 3.20. The van der Waals surface area contributed by atoms with Crippen LogP contribution in [0.5, 0.6) is 0 Å². The number of hydrogen-bond donors (Lipinski definition) is 1. The van der Waals surface area contributed by atoms with E-state index in [9.17, 15) is 4.79 Å². The highest BCUT2D eigenvalue weighted by Crippen LogP contribution is 2.22. The highest BCUT2D eigenvalue weighted by Gasteiger charge is 2.18. The highest BCUT2D eigenvalue weighted by atomic mass is 16.5. The second kappa shape index (κ2) is 7.26. The molecule has 1 aromatic carbocycles. The van der Waals surface area contributed by atoms with Crippen LogP contribution in [0.4, 0.5) is 0 Å². The molecule has 0 bridgehead atoms. The number of carbonyl (C=O) groups is 1. The molecule has 0 aliphatic rings. The van der Waals surface area contributed by atoms with Gasteiger partial charge < -0.3 is 9.84 Å². The molecule has 0 saturated heterocycles. The zero-order valence-electron chi connectivity index (χ0n) is 12.1. The lowest BCUT2D eigenvalue weighted by atomic mass is 10.0. The van der Waals surface area contributed by atoms with Gasteiger partial charge in [0.2, 0.25) is 0 Å². The van der Waals surface area contributed by atoms with E-state index < -0.39 is 5.97 Å². The fourth-order valence-electron chi connectivity index (χ4n) is 2.25. The first kappa shape index (κ1) is 15.7. The number of carboxylic acid groups (broad SMARTS) is 1. The Balaban J connectivity index is 2.89. The normalized spacial score (nSPS) is 12.7. The standard InChI is InChI=1S/C15H23NO3/c1-11-7-12(2)9-14(8-11)13(3)16(5-6-19-4)10-15(17)18/h7-9,13H,5-6,10H2,1-4H3,(H,17,18). The van der Waals surface area contributed by atoms with Crippen LogP contribution in [0, 0.1) is 13.8 Å². The zero-order chi connectivity index (χ0) is 14.4. The predicted octanol–water partition coefficient (Wildman–Crippen LogP) is 2.40. The third-order valence-corrected chi connectivity index (χ3v) is 3.20. The number of rotatable bonds is 7. The number of ether oxygens (including phenoxy) is 1. The van der Waals surface area contributed by atoms with E-state index in [1.54, 1.807) is 7.11 Å². The van der Waals surface area contributed by atoms with Crippen LogP contribution >= 0.6 is 0 Å². The average Bonchev–Trinajstić information content (AvgIpc) is 2.32. The van der Waals surface area contributed by atoms with Crippen molar-refractivity contribution in [3.05, 3.63) is 34.9 Å². The van der Waals surface area contributed by atoms with Crippen molar-refractivity contribution in [2.75, 3.05) is 26.8 Å². The largest absolute Gasteiger partial charge is 0.480 e. The maximum Gasteiger partial charge on any atom is 0.317 e. The molecule has 1 unspecified atom stereocenters. The Morgan fingerprint density at radius 2 is 1.89 bits per heavy atom. The molecule has 1 N–H and O–H groups in total. The molecule has 4 nitrogen and oxygen atoms in total. The molecule has 0 fully saturated rings. The summed E-state index contributed by atoms with van der Waals surface area (Å²) in [6.07, 6.45) is 0. The number of hydrogen-bond acceptors (Lipinski definition) is 3. The van der Waals surface area contributed by atoms with E-state index in [-0.39, 0.29) is 12.6 Å². The first-order valence-electron chi connectivity index (χ1n) is 6.47. The Morgan fingerprint density at radius 3 is 2.37 bits per heavy atom. The van der Waals surface area contributed by atoms with Crippen molar-refractivity contribution in [3.63, 3.8) is 0 Å². The van der Waals surface area contributed by atoms with E-state index in [0.29, 0.717) is 13.2 Å². The topological polar surface area (TPSA) is 49.8 Å². The molecule has 19 heavy (non-hydrogen) atoms. The van der Waals surface area contributed by atoms with E-state index in [1.165, 1.54) is 11.1 Å². The van der Waals surface area contributed by atoms with E-state index in [2.05, 4.69) is 32.0 Å². The summed E-state index contributed by atoms with van der Waals surface area (Å²) in [4.78, 5) is 12.9. The lowest BCUT2D eigenvalue weighted by Crippen LogP contribution is -2.35. The Hall–Kier alpha value is -1.39. The van der Waals surface area contributed by atoms with Crippen molar-refractivity contribution in [1.29, 1.82) is 0 Å². The van der Waals surface area contributed by atoms with Crippen molar-refractivity contribution in [2.45, 2.75) is 26.8 Å². The van der Waals surface area contributed by atoms with Gasteiger partial charge in [0, 0.05) is 19.7 Å². The summed E-state index contributed by atoms with van der Waals surface area (Å²) >= 11 is 0. The molecule has 0 aliphatic carbocycles. The smallest absolute Gasteiger partial charge is 0.317 e. The van der Waals surface area contributed by atoms with Gasteiger partial charge in [-0.2, -0.15) is 0 Å². The minimum absolute atomic E-state index is 0.0253. The molecule has 0 amide bonds. The number of methoxy groups -OCH3 is 1. The summed E-state index contributed by atoms with van der Waals surface area (Å²) in [6.45, 7) is 7.31. The minimum atomic E-state index is -0.813. The fourth-order valence-corrected chi connectivity index (χ4v) is 2.25. The second-order valence-corrected chi connectivity index (χ2v) is 4.95. The summed E-state index contributed by atoms with van der Waals surface area (Å²) in [5.74, 6) is -0.813. The summed E-state index contributed by atoms with van der Waals surface area (Å²) < 4.78 is 5.05. The molecular weight excluding hydrogens is 242 g/mol. The van der Waals surface area contributed by atoms with Crippen LogP contribution < -0.4 is 0 Å². The molecule has 0 spiro atoms. The number of aliphatic carboxylic acids is 1. The first-order chi connectivity index (χ1) is 8.93. The summed E-state index contributed by atoms with van der Waals surface area (Å²) in [6, 6.07) is 6.40. The van der Waals surface area contributed by atoms with Crippen LogP contribution in [-0.2, 0) is 9.53 Å². The van der Waals surface area contributed by atoms with E-state index >= 15 is 0 Å². The molecule has 0 aromatic heterocycles. The van der Waals surface area contributed by atoms with Gasteiger partial charge >= 0.3 is 5.97 Å². The van der Waals surface area contributed by atoms with Crippen molar-refractivity contribution in [3.8, 4) is 0 Å². The Bertz CT molecular complexity index is 411. The van der Waals surface area contributed by atoms with Gasteiger partial charge in [-0.1, -0.05) is 29.3 Å². The summed E-state index contributed by atoms with van der Waals surface area (Å²) in [5.41, 5.74) is 3.54. The van der Waals surface area contributed by atoms with Crippen molar-refractivity contribution < 1.29 is 14.6 Å². The van der Waals surface area contributed by atoms with E-state index in [1.807, 2.05) is 11.8 Å². The van der Waals surface area contributed by atoms with Gasteiger partial charge in [-0.15, -0.1) is 0 Å². The van der Waals surface area contributed by atoms with E-state index in [0.717, 1.165) is 5.56 Å². The van der Waals surface area contributed by atoms with Gasteiger partial charge in [-0.05, 0) is 26.3 Å². The molecule has 1 atom stereocenters. The summed E-state index contributed by atoms with van der Waals surface area (Å²) in [5, 5.41) is 9.01. The number of carboxylic acids is 1. The zero-order valence-corrected chi connectivity index (χ0v) is 12.1. The monoisotopic (exact) mass is 265 g/mol. The molecule has 0 aliphatic heterocycles. The van der Waals surface area contributed by atoms with Gasteiger partial charge in [0.1, 0.15) is 0 Å². The molecule has 1 aromatic rings. The maximum atomic E-state index is 11.0. The van der Waals surface area contributed by atoms with Gasteiger partial charge in [0.25, 0.3) is 0 Å². The van der Waals surface area contributed by atoms with Gasteiger partial charge in [0.05, 0.1) is 13.2 Å². The Labute approximate surface area is 115 Å². The molecular formula is C15H23NO3. The van der Waals surface area contributed by atoms with Crippen LogP contribution in [-0.4, -0.2) is 42.8 Å². The minimum Gasteiger partial charge on any atom is -0.480 e. The maximum absolute atomic E-state index is 11.0. The fraction of sp³-hybridized carbons (Fsp3) is 0.533. The average molecular weight is 265 g/mol. The van der Waals surface area contributed by atoms with Gasteiger partial charge in [0.15, 0.2) is 0 Å². The van der Waals surface area contributed by atoms with Gasteiger partial charge in [-0.25, -0.2) is 0 Å². The molecule has 0 heterocycles. The van der Waals surface area contributed by atoms with Crippen molar-refractivity contribution >= 4 is 5.97 Å². The van der Waals surface area contributed by atoms with Crippen LogP contribution in [0.1, 0.15) is 29.7 Å². The number of benzene rings is 1. The Morgan fingerprint density at radius 1 is 1.32 bits per heavy atom. The lowest BCUT2D eigenvalue weighted by molar-refractivity contribution is -0.139. The van der Waals surface area contributed by atoms with E-state index in [4.69, 9.17) is 9.84 Å². The SMILES string of the molecule is COCCN(CC(=O)O)C(C)c1cc(C)cc(C)c1. The van der Waals surface area contributed by atoms with Crippen molar-refractivity contribution in [1.82, 2.24) is 4.90 Å². The summed E-state index contributed by atoms with van der Waals surface area (Å²) in [7, 11) is 1.63. The van der Waals surface area contributed by atoms with Crippen molar-refractivity contribution in [2.24, 2.45) is 0 Å². The molecule has 1 rings (SSSR count). The van der Waals surface area contributed by atoms with Crippen LogP contribution in [0.15, 0.2) is 18.2 Å². The predicted molar refractivity (Wildman–Crippen MR) is 75.4 cm³/mol. The molecule has 106 valence electrons. The lowest BCUT2D eigenvalue weighted by Gasteiger charge is -2.28. The van der Waals surface area contributed by atoms with Crippen LogP contribution in [0.3, 0.4) is 0 Å². The second-order valence-electron chi connectivity index (χ2n) is 4.95. The Kier molecular flexibility index (Phi) is 5.99. The highest BCUT2D eigenvalue weighted by molar-refractivity contribution is 5.69. The first-order valence-corrected chi connectivity index (χ1v) is 6.47.